The van der Waals surface area contributed by atoms with Crippen molar-refractivity contribution < 1.29 is 55.2 Å². The lowest BCUT2D eigenvalue weighted by molar-refractivity contribution is -0.141. The van der Waals surface area contributed by atoms with E-state index in [1.807, 2.05) is 26.1 Å². The molecule has 2 aromatic rings. The third-order valence-corrected chi connectivity index (χ3v) is 11.6. The third-order valence-electron chi connectivity index (χ3n) is 10.3. The number of hydrogen-bond acceptors (Lipinski definition) is 11. The molecule has 1 aromatic carbocycles. The summed E-state index contributed by atoms with van der Waals surface area (Å²) in [7, 11) is -4.64. The Bertz CT molecular complexity index is 1960. The third kappa shape index (κ3) is 15.5. The van der Waals surface area contributed by atoms with E-state index in [2.05, 4.69) is 31.2 Å². The second kappa shape index (κ2) is 22.9. The van der Waals surface area contributed by atoms with Crippen molar-refractivity contribution in [3.63, 3.8) is 0 Å². The minimum absolute atomic E-state index is 0.00559. The molecule has 0 bridgehead atoms. The van der Waals surface area contributed by atoms with Crippen molar-refractivity contribution in [1.29, 1.82) is 0 Å². The molecule has 1 unspecified atom stereocenters. The van der Waals surface area contributed by atoms with Gasteiger partial charge in [-0.05, 0) is 61.3 Å². The van der Waals surface area contributed by atoms with Gasteiger partial charge in [-0.25, -0.2) is 18.1 Å². The summed E-state index contributed by atoms with van der Waals surface area (Å²) in [6.07, 6.45) is 4.40. The maximum absolute atomic E-state index is 14.0. The molecular weight excluding hydrogens is 826 g/mol. The van der Waals surface area contributed by atoms with E-state index in [0.29, 0.717) is 30.7 Å². The number of amides is 6. The lowest BCUT2D eigenvalue weighted by Gasteiger charge is -2.31. The fourth-order valence-corrected chi connectivity index (χ4v) is 7.64. The van der Waals surface area contributed by atoms with Crippen molar-refractivity contribution >= 4 is 51.2 Å². The number of Topliss-reactive ketones (excluding diaryl/α,β-unsaturated/α-hetero) is 1. The second-order valence-electron chi connectivity index (χ2n) is 15.5. The lowest BCUT2D eigenvalue weighted by atomic mass is 9.84. The van der Waals surface area contributed by atoms with Gasteiger partial charge in [-0.1, -0.05) is 73.1 Å². The average molecular weight is 881 g/mol. The molecule has 17 nitrogen and oxygen atoms in total. The largest absolute Gasteiger partial charge is 0.416 e. The molecule has 0 saturated heterocycles. The van der Waals surface area contributed by atoms with E-state index in [4.69, 9.17) is 0 Å². The zero-order valence-electron chi connectivity index (χ0n) is 34.8. The molecule has 1 fully saturated rings. The van der Waals surface area contributed by atoms with Gasteiger partial charge in [-0.3, -0.25) is 38.5 Å². The van der Waals surface area contributed by atoms with Crippen LogP contribution in [0, 0.1) is 17.8 Å². The molecule has 6 N–H and O–H groups in total. The van der Waals surface area contributed by atoms with Gasteiger partial charge in [0.2, 0.25) is 23.5 Å². The minimum Gasteiger partial charge on any atom is -0.344 e. The highest BCUT2D eigenvalue weighted by molar-refractivity contribution is 7.90. The Morgan fingerprint density at radius 3 is 1.97 bits per heavy atom. The number of nitrogens with one attached hydrogen (secondary N) is 6. The average Bonchev–Trinajstić information content (AvgIpc) is 3.22. The van der Waals surface area contributed by atoms with E-state index < -0.39 is 105 Å². The van der Waals surface area contributed by atoms with Gasteiger partial charge in [0.15, 0.2) is 0 Å². The number of aromatic nitrogens is 2. The first kappa shape index (κ1) is 49.9. The molecule has 1 saturated carbocycles. The summed E-state index contributed by atoms with van der Waals surface area (Å²) in [4.78, 5) is 100. The fourth-order valence-electron chi connectivity index (χ4n) is 6.66. The highest BCUT2D eigenvalue weighted by Crippen LogP contribution is 2.30. The zero-order chi connectivity index (χ0) is 45.5. The maximum Gasteiger partial charge on any atom is 0.416 e. The first-order valence-electron chi connectivity index (χ1n) is 20.2. The minimum atomic E-state index is -4.72. The molecular formula is C40H55F3N8O9S. The van der Waals surface area contributed by atoms with Crippen molar-refractivity contribution in [3.8, 4) is 0 Å². The predicted octanol–water partition coefficient (Wildman–Crippen LogP) is 2.71. The van der Waals surface area contributed by atoms with Gasteiger partial charge < -0.3 is 26.6 Å². The van der Waals surface area contributed by atoms with Gasteiger partial charge >= 0.3 is 6.18 Å². The molecule has 0 aliphatic heterocycles. The van der Waals surface area contributed by atoms with Crippen LogP contribution in [0.25, 0.3) is 0 Å². The van der Waals surface area contributed by atoms with Gasteiger partial charge in [0.05, 0.1) is 29.2 Å². The number of alkyl halides is 3. The number of ketones is 1. The number of rotatable bonds is 21. The predicted molar refractivity (Wildman–Crippen MR) is 214 cm³/mol. The first-order chi connectivity index (χ1) is 28.7. The monoisotopic (exact) mass is 880 g/mol. The normalized spacial score (nSPS) is 15.9. The van der Waals surface area contributed by atoms with E-state index in [1.54, 1.807) is 11.6 Å². The van der Waals surface area contributed by atoms with Crippen LogP contribution in [0.4, 0.5) is 13.2 Å². The molecule has 1 heterocycles. The zero-order valence-corrected chi connectivity index (χ0v) is 35.6. The van der Waals surface area contributed by atoms with E-state index in [0.717, 1.165) is 32.1 Å². The molecule has 0 radical (unpaired) electrons. The summed E-state index contributed by atoms with van der Waals surface area (Å²) < 4.78 is 65.3. The summed E-state index contributed by atoms with van der Waals surface area (Å²) in [6.45, 7) is 7.76. The van der Waals surface area contributed by atoms with Crippen molar-refractivity contribution in [2.75, 3.05) is 6.54 Å². The number of carbonyl (C=O) groups is 7. The molecule has 6 amide bonds. The number of benzene rings is 1. The number of halogens is 3. The SMILES string of the molecule is CCC(NC(=O)[C@H](CC1CCCCC1)NC(=O)[C@@H](NC(=O)[C@H](CC(C)C)NC(=O)c1cnccn1)[C@@H](C)CC)C(=O)C(=O)NCC(=O)NS(=O)(=O)c1ccc(C(F)(F)F)cc1. The van der Waals surface area contributed by atoms with Gasteiger partial charge in [-0.2, -0.15) is 13.2 Å². The topological polar surface area (TPSA) is 252 Å². The Balaban J connectivity index is 1.72. The van der Waals surface area contributed by atoms with Crippen molar-refractivity contribution in [3.05, 3.63) is 54.1 Å². The van der Waals surface area contributed by atoms with Crippen LogP contribution < -0.4 is 31.3 Å². The Hall–Kier alpha value is -5.47. The van der Waals surface area contributed by atoms with Gasteiger partial charge in [-0.15, -0.1) is 0 Å². The van der Waals surface area contributed by atoms with Gasteiger partial charge in [0.1, 0.15) is 23.8 Å². The first-order valence-corrected chi connectivity index (χ1v) is 21.7. The number of nitrogens with zero attached hydrogens (tertiary/aromatic N) is 2. The van der Waals surface area contributed by atoms with Gasteiger partial charge in [0.25, 0.3) is 27.7 Å². The molecule has 1 aliphatic carbocycles. The van der Waals surface area contributed by atoms with E-state index in [9.17, 15) is 55.2 Å². The Labute approximate surface area is 353 Å². The molecule has 21 heteroatoms. The Morgan fingerprint density at radius 2 is 1.41 bits per heavy atom. The van der Waals surface area contributed by atoms with Crippen LogP contribution in [0.2, 0.25) is 0 Å². The number of hydrogen-bond donors (Lipinski definition) is 6. The van der Waals surface area contributed by atoms with Crippen LogP contribution in [0.1, 0.15) is 108 Å². The van der Waals surface area contributed by atoms with Crippen LogP contribution in [-0.2, 0) is 45.0 Å². The van der Waals surface area contributed by atoms with Crippen LogP contribution in [0.3, 0.4) is 0 Å². The summed E-state index contributed by atoms with van der Waals surface area (Å²) >= 11 is 0. The summed E-state index contributed by atoms with van der Waals surface area (Å²) in [5, 5.41) is 12.7. The Morgan fingerprint density at radius 1 is 0.787 bits per heavy atom. The van der Waals surface area contributed by atoms with Crippen molar-refractivity contribution in [1.82, 2.24) is 41.3 Å². The quantitative estimate of drug-likeness (QED) is 0.0995. The maximum atomic E-state index is 14.0. The van der Waals surface area contributed by atoms with E-state index in [-0.39, 0.29) is 36.8 Å². The fraction of sp³-hybridized carbons (Fsp3) is 0.575. The van der Waals surface area contributed by atoms with Crippen LogP contribution in [0.15, 0.2) is 47.8 Å². The van der Waals surface area contributed by atoms with Crippen LogP contribution in [0.5, 0.6) is 0 Å². The molecule has 5 atom stereocenters. The van der Waals surface area contributed by atoms with Gasteiger partial charge in [0, 0.05) is 12.4 Å². The molecule has 61 heavy (non-hydrogen) atoms. The molecule has 0 spiro atoms. The highest BCUT2D eigenvalue weighted by Gasteiger charge is 2.36. The molecule has 1 aromatic heterocycles. The smallest absolute Gasteiger partial charge is 0.344 e. The van der Waals surface area contributed by atoms with Crippen LogP contribution >= 0.6 is 0 Å². The summed E-state index contributed by atoms with van der Waals surface area (Å²) in [6, 6.07) is -2.50. The van der Waals surface area contributed by atoms with Crippen molar-refractivity contribution in [2.45, 2.75) is 128 Å². The lowest BCUT2D eigenvalue weighted by Crippen LogP contribution is -2.60. The standard InChI is InChI=1S/C40H55F3N8O9S/c1-6-24(5)33(50-36(55)29(19-23(3)4)48-37(56)31-21-44-17-18-45-31)38(57)49-30(20-25-11-9-8-10-12-25)35(54)47-28(7-2)34(53)39(58)46-22-32(52)51-61(59,60)27-15-13-26(14-16-27)40(41,42)43/h13-18,21,23-25,28-30,33H,6-12,19-20,22H2,1-5H3,(H,46,58)(H,47,54)(H,48,56)(H,49,57)(H,50,55)(H,51,52)/t24-,28?,29-,30-,33-/m0/s1. The highest BCUT2D eigenvalue weighted by atomic mass is 32.2. The number of carbonyl (C=O) groups excluding carboxylic acids is 7. The van der Waals surface area contributed by atoms with Crippen molar-refractivity contribution in [2.24, 2.45) is 17.8 Å². The second-order valence-corrected chi connectivity index (χ2v) is 17.2. The molecule has 3 rings (SSSR count). The van der Waals surface area contributed by atoms with E-state index >= 15 is 0 Å². The number of sulfonamides is 1. The van der Waals surface area contributed by atoms with E-state index in [1.165, 1.54) is 25.5 Å². The Kier molecular flexibility index (Phi) is 18.8. The molecule has 1 aliphatic rings. The summed E-state index contributed by atoms with van der Waals surface area (Å²) in [5.41, 5.74) is -1.12. The molecule has 336 valence electrons. The summed E-state index contributed by atoms with van der Waals surface area (Å²) in [5.74, 6) is -7.00. The van der Waals surface area contributed by atoms with Crippen LogP contribution in [-0.4, -0.2) is 90.3 Å².